The molecule has 1 aromatic rings. The Morgan fingerprint density at radius 2 is 2.05 bits per heavy atom. The summed E-state index contributed by atoms with van der Waals surface area (Å²) < 4.78 is 1.27. The number of carbonyl (C=O) groups is 1. The van der Waals surface area contributed by atoms with E-state index < -0.39 is 0 Å². The van der Waals surface area contributed by atoms with Gasteiger partial charge >= 0.3 is 0 Å². The first-order valence-electron chi connectivity index (χ1n) is 7.48. The molecule has 2 N–H and O–H groups in total. The highest BCUT2D eigenvalue weighted by Crippen LogP contribution is 2.10. The van der Waals surface area contributed by atoms with E-state index in [-0.39, 0.29) is 18.3 Å². The quantitative estimate of drug-likeness (QED) is 0.545. The summed E-state index contributed by atoms with van der Waals surface area (Å²) in [5.41, 5.74) is 1.36. The van der Waals surface area contributed by atoms with E-state index in [4.69, 9.17) is 0 Å². The highest BCUT2D eigenvalue weighted by atomic mass is 127. The van der Waals surface area contributed by atoms with Crippen LogP contribution in [-0.2, 0) is 11.2 Å². The van der Waals surface area contributed by atoms with E-state index in [0.717, 1.165) is 45.2 Å². The Morgan fingerprint density at radius 3 is 2.71 bits per heavy atom. The Labute approximate surface area is 147 Å². The van der Waals surface area contributed by atoms with Gasteiger partial charge in [0.15, 0.2) is 0 Å². The van der Waals surface area contributed by atoms with E-state index in [1.807, 2.05) is 0 Å². The fourth-order valence-electron chi connectivity index (χ4n) is 2.54. The normalized spacial score (nSPS) is 17.9. The first kappa shape index (κ1) is 18.7. The number of amides is 1. The van der Waals surface area contributed by atoms with E-state index in [2.05, 4.69) is 57.5 Å². The SMILES string of the molecule is Cl.O=C(CCCCc1ccc(I)cc1)NC1CCCNC1. The Morgan fingerprint density at radius 1 is 1.29 bits per heavy atom. The van der Waals surface area contributed by atoms with Crippen molar-refractivity contribution in [3.63, 3.8) is 0 Å². The van der Waals surface area contributed by atoms with Crippen LogP contribution in [0, 0.1) is 3.57 Å². The molecule has 1 amide bonds. The Balaban J connectivity index is 0.00000220. The van der Waals surface area contributed by atoms with Crippen molar-refractivity contribution in [1.29, 1.82) is 0 Å². The van der Waals surface area contributed by atoms with Crippen LogP contribution in [0.1, 0.15) is 37.7 Å². The molecule has 1 aromatic carbocycles. The molecule has 0 radical (unpaired) electrons. The maximum absolute atomic E-state index is 11.8. The summed E-state index contributed by atoms with van der Waals surface area (Å²) in [7, 11) is 0. The van der Waals surface area contributed by atoms with E-state index in [1.54, 1.807) is 0 Å². The van der Waals surface area contributed by atoms with Crippen molar-refractivity contribution < 1.29 is 4.79 Å². The van der Waals surface area contributed by atoms with Gasteiger partial charge in [-0.25, -0.2) is 0 Å². The van der Waals surface area contributed by atoms with Gasteiger partial charge in [-0.3, -0.25) is 4.79 Å². The molecule has 0 bridgehead atoms. The second kappa shape index (κ2) is 10.4. The summed E-state index contributed by atoms with van der Waals surface area (Å²) in [5.74, 6) is 0.210. The van der Waals surface area contributed by atoms with Crippen molar-refractivity contribution >= 4 is 40.9 Å². The van der Waals surface area contributed by atoms with Crippen molar-refractivity contribution in [1.82, 2.24) is 10.6 Å². The third kappa shape index (κ3) is 7.47. The largest absolute Gasteiger partial charge is 0.352 e. The molecule has 1 saturated heterocycles. The molecule has 118 valence electrons. The number of halogens is 2. The number of hydrogen-bond donors (Lipinski definition) is 2. The lowest BCUT2D eigenvalue weighted by atomic mass is 10.1. The summed E-state index contributed by atoms with van der Waals surface area (Å²) in [6, 6.07) is 8.97. The van der Waals surface area contributed by atoms with Crippen molar-refractivity contribution in [2.75, 3.05) is 13.1 Å². The standard InChI is InChI=1S/C16H23IN2O.ClH/c17-14-9-7-13(8-10-14)4-1-2-6-16(20)19-15-5-3-11-18-12-15;/h7-10,15,18H,1-6,11-12H2,(H,19,20);1H. The molecule has 0 spiro atoms. The fourth-order valence-corrected chi connectivity index (χ4v) is 2.90. The number of rotatable bonds is 6. The summed E-state index contributed by atoms with van der Waals surface area (Å²) in [5, 5.41) is 6.44. The van der Waals surface area contributed by atoms with Crippen LogP contribution in [0.15, 0.2) is 24.3 Å². The topological polar surface area (TPSA) is 41.1 Å². The second-order valence-electron chi connectivity index (χ2n) is 5.44. The third-order valence-corrected chi connectivity index (χ3v) is 4.41. The molecule has 1 fully saturated rings. The number of carbonyl (C=O) groups excluding carboxylic acids is 1. The number of benzene rings is 1. The average molecular weight is 423 g/mol. The van der Waals surface area contributed by atoms with Crippen LogP contribution in [0.3, 0.4) is 0 Å². The van der Waals surface area contributed by atoms with Crippen molar-refractivity contribution in [3.8, 4) is 0 Å². The number of hydrogen-bond acceptors (Lipinski definition) is 2. The van der Waals surface area contributed by atoms with Gasteiger partial charge in [-0.15, -0.1) is 12.4 Å². The highest BCUT2D eigenvalue weighted by Gasteiger charge is 2.14. The van der Waals surface area contributed by atoms with E-state index in [9.17, 15) is 4.79 Å². The summed E-state index contributed by atoms with van der Waals surface area (Å²) in [6.45, 7) is 2.01. The lowest BCUT2D eigenvalue weighted by molar-refractivity contribution is -0.122. The molecule has 1 unspecified atom stereocenters. The monoisotopic (exact) mass is 422 g/mol. The lowest BCUT2D eigenvalue weighted by Crippen LogP contribution is -2.45. The minimum absolute atomic E-state index is 0. The van der Waals surface area contributed by atoms with E-state index in [0.29, 0.717) is 12.5 Å². The Bertz CT molecular complexity index is 419. The molecule has 5 heteroatoms. The fraction of sp³-hybridized carbons (Fsp3) is 0.562. The zero-order chi connectivity index (χ0) is 14.2. The van der Waals surface area contributed by atoms with Gasteiger partial charge in [0, 0.05) is 22.6 Å². The third-order valence-electron chi connectivity index (χ3n) is 3.69. The zero-order valence-corrected chi connectivity index (χ0v) is 15.2. The van der Waals surface area contributed by atoms with Crippen LogP contribution in [-0.4, -0.2) is 25.0 Å². The van der Waals surface area contributed by atoms with Gasteiger partial charge in [0.2, 0.25) is 5.91 Å². The van der Waals surface area contributed by atoms with Crippen LogP contribution in [0.5, 0.6) is 0 Å². The highest BCUT2D eigenvalue weighted by molar-refractivity contribution is 14.1. The van der Waals surface area contributed by atoms with Crippen LogP contribution < -0.4 is 10.6 Å². The molecule has 0 saturated carbocycles. The molecule has 2 rings (SSSR count). The second-order valence-corrected chi connectivity index (χ2v) is 6.69. The zero-order valence-electron chi connectivity index (χ0n) is 12.2. The van der Waals surface area contributed by atoms with Gasteiger partial charge in [-0.05, 0) is 78.9 Å². The van der Waals surface area contributed by atoms with Crippen molar-refractivity contribution in [2.24, 2.45) is 0 Å². The summed E-state index contributed by atoms with van der Waals surface area (Å²) in [4.78, 5) is 11.8. The van der Waals surface area contributed by atoms with Gasteiger partial charge in [-0.2, -0.15) is 0 Å². The molecule has 1 aliphatic rings. The molecular weight excluding hydrogens is 399 g/mol. The molecule has 0 aromatic heterocycles. The first-order valence-corrected chi connectivity index (χ1v) is 8.56. The number of nitrogens with one attached hydrogen (secondary N) is 2. The average Bonchev–Trinajstić information content (AvgIpc) is 2.46. The molecule has 21 heavy (non-hydrogen) atoms. The first-order chi connectivity index (χ1) is 9.74. The predicted octanol–water partition coefficient (Wildman–Crippen LogP) is 3.29. The minimum Gasteiger partial charge on any atom is -0.352 e. The van der Waals surface area contributed by atoms with Crippen LogP contribution in [0.25, 0.3) is 0 Å². The van der Waals surface area contributed by atoms with Crippen molar-refractivity contribution in [2.45, 2.75) is 44.6 Å². The van der Waals surface area contributed by atoms with Crippen LogP contribution >= 0.6 is 35.0 Å². The van der Waals surface area contributed by atoms with Gasteiger partial charge < -0.3 is 10.6 Å². The molecule has 1 aliphatic heterocycles. The van der Waals surface area contributed by atoms with Crippen molar-refractivity contribution in [3.05, 3.63) is 33.4 Å². The van der Waals surface area contributed by atoms with Crippen LogP contribution in [0.4, 0.5) is 0 Å². The van der Waals surface area contributed by atoms with Gasteiger partial charge in [0.05, 0.1) is 0 Å². The Kier molecular flexibility index (Phi) is 9.27. The number of piperidine rings is 1. The van der Waals surface area contributed by atoms with Gasteiger partial charge in [-0.1, -0.05) is 12.1 Å². The molecule has 3 nitrogen and oxygen atoms in total. The maximum atomic E-state index is 11.8. The molecular formula is C16H24ClIN2O. The number of unbranched alkanes of at least 4 members (excludes halogenated alkanes) is 1. The predicted molar refractivity (Wildman–Crippen MR) is 98.0 cm³/mol. The summed E-state index contributed by atoms with van der Waals surface area (Å²) >= 11 is 2.32. The molecule has 0 aliphatic carbocycles. The number of aryl methyl sites for hydroxylation is 1. The molecule has 1 atom stereocenters. The van der Waals surface area contributed by atoms with E-state index in [1.165, 1.54) is 9.13 Å². The Hall–Kier alpha value is -0.330. The lowest BCUT2D eigenvalue weighted by Gasteiger charge is -2.23. The van der Waals surface area contributed by atoms with E-state index >= 15 is 0 Å². The smallest absolute Gasteiger partial charge is 0.220 e. The van der Waals surface area contributed by atoms with Gasteiger partial charge in [0.25, 0.3) is 0 Å². The van der Waals surface area contributed by atoms with Gasteiger partial charge in [0.1, 0.15) is 0 Å². The van der Waals surface area contributed by atoms with Crippen LogP contribution in [0.2, 0.25) is 0 Å². The maximum Gasteiger partial charge on any atom is 0.220 e. The molecule has 1 heterocycles. The minimum atomic E-state index is 0. The summed E-state index contributed by atoms with van der Waals surface area (Å²) in [6.07, 6.45) is 6.05.